The Morgan fingerprint density at radius 2 is 2.05 bits per heavy atom. The highest BCUT2D eigenvalue weighted by atomic mass is 32.2. The Morgan fingerprint density at radius 3 is 2.80 bits per heavy atom. The van der Waals surface area contributed by atoms with Gasteiger partial charge >= 0.3 is 0 Å². The normalized spacial score (nSPS) is 18.6. The second kappa shape index (κ2) is 5.85. The number of benzene rings is 2. The number of likely N-dealkylation sites (tertiary alicyclic amines) is 1. The third-order valence-electron chi connectivity index (χ3n) is 3.66. The number of carbonyl (C=O) groups is 1. The minimum absolute atomic E-state index is 0.157. The highest BCUT2D eigenvalue weighted by molar-refractivity contribution is 8.00. The van der Waals surface area contributed by atoms with Gasteiger partial charge in [-0.2, -0.15) is 0 Å². The number of hydrogen-bond acceptors (Lipinski definition) is 3. The molecule has 1 heterocycles. The first kappa shape index (κ1) is 13.5. The molecule has 20 heavy (non-hydrogen) atoms. The molecule has 0 radical (unpaired) electrons. The van der Waals surface area contributed by atoms with Crippen molar-refractivity contribution >= 4 is 28.4 Å². The Kier molecular flexibility index (Phi) is 3.94. The van der Waals surface area contributed by atoms with Gasteiger partial charge < -0.3 is 10.6 Å². The fraction of sp³-hybridized carbons (Fsp3) is 0.312. The molecular formula is C16H18N2OS. The van der Waals surface area contributed by atoms with E-state index in [0.717, 1.165) is 17.9 Å². The van der Waals surface area contributed by atoms with Crippen molar-refractivity contribution in [2.45, 2.75) is 17.4 Å². The van der Waals surface area contributed by atoms with Crippen molar-refractivity contribution in [1.29, 1.82) is 0 Å². The summed E-state index contributed by atoms with van der Waals surface area (Å²) < 4.78 is 0. The Balaban J connectivity index is 1.63. The molecule has 1 saturated heterocycles. The third kappa shape index (κ3) is 2.97. The number of rotatable bonds is 3. The molecule has 3 nitrogen and oxygen atoms in total. The maximum atomic E-state index is 12.1. The van der Waals surface area contributed by atoms with E-state index in [2.05, 4.69) is 30.3 Å². The second-order valence-corrected chi connectivity index (χ2v) is 6.23. The van der Waals surface area contributed by atoms with Crippen LogP contribution in [0.25, 0.3) is 10.8 Å². The van der Waals surface area contributed by atoms with Gasteiger partial charge in [0.05, 0.1) is 5.75 Å². The van der Waals surface area contributed by atoms with E-state index in [1.807, 2.05) is 17.0 Å². The molecular weight excluding hydrogens is 268 g/mol. The van der Waals surface area contributed by atoms with Gasteiger partial charge in [0.2, 0.25) is 5.91 Å². The van der Waals surface area contributed by atoms with Crippen molar-refractivity contribution in [2.75, 3.05) is 18.8 Å². The van der Waals surface area contributed by atoms with E-state index in [0.29, 0.717) is 12.3 Å². The molecule has 0 spiro atoms. The zero-order valence-corrected chi connectivity index (χ0v) is 12.1. The lowest BCUT2D eigenvalue weighted by molar-refractivity contribution is -0.127. The van der Waals surface area contributed by atoms with Gasteiger partial charge in [0, 0.05) is 24.0 Å². The van der Waals surface area contributed by atoms with Crippen molar-refractivity contribution in [3.05, 3.63) is 42.5 Å². The molecule has 0 saturated carbocycles. The fourth-order valence-corrected chi connectivity index (χ4v) is 3.35. The van der Waals surface area contributed by atoms with Crippen LogP contribution >= 0.6 is 11.8 Å². The number of amides is 1. The summed E-state index contributed by atoms with van der Waals surface area (Å²) in [6, 6.07) is 14.8. The van der Waals surface area contributed by atoms with Crippen molar-refractivity contribution in [1.82, 2.24) is 4.90 Å². The highest BCUT2D eigenvalue weighted by Crippen LogP contribution is 2.24. The monoisotopic (exact) mass is 286 g/mol. The Hall–Kier alpha value is -1.52. The zero-order chi connectivity index (χ0) is 13.9. The summed E-state index contributed by atoms with van der Waals surface area (Å²) in [5.41, 5.74) is 5.83. The van der Waals surface area contributed by atoms with Gasteiger partial charge in [-0.05, 0) is 29.3 Å². The van der Waals surface area contributed by atoms with E-state index < -0.39 is 0 Å². The van der Waals surface area contributed by atoms with Crippen molar-refractivity contribution < 1.29 is 4.79 Å². The van der Waals surface area contributed by atoms with Gasteiger partial charge in [0.15, 0.2) is 0 Å². The first-order valence-electron chi connectivity index (χ1n) is 6.87. The standard InChI is InChI=1S/C16H18N2OS/c17-14-7-8-18(10-14)16(19)11-20-15-6-5-12-3-1-2-4-13(12)9-15/h1-6,9,14H,7-8,10-11,17H2/t14-/m1/s1. The van der Waals surface area contributed by atoms with Gasteiger partial charge in [-0.3, -0.25) is 4.79 Å². The fourth-order valence-electron chi connectivity index (χ4n) is 2.51. The van der Waals surface area contributed by atoms with Crippen LogP contribution in [-0.4, -0.2) is 35.7 Å². The quantitative estimate of drug-likeness (QED) is 0.882. The van der Waals surface area contributed by atoms with Gasteiger partial charge in [0.25, 0.3) is 0 Å². The largest absolute Gasteiger partial charge is 0.340 e. The first-order valence-corrected chi connectivity index (χ1v) is 7.86. The maximum absolute atomic E-state index is 12.1. The number of nitrogens with two attached hydrogens (primary N) is 1. The summed E-state index contributed by atoms with van der Waals surface area (Å²) >= 11 is 1.60. The van der Waals surface area contributed by atoms with E-state index in [1.54, 1.807) is 11.8 Å². The molecule has 0 aromatic heterocycles. The Morgan fingerprint density at radius 1 is 1.25 bits per heavy atom. The average Bonchev–Trinajstić information content (AvgIpc) is 2.91. The summed E-state index contributed by atoms with van der Waals surface area (Å²) in [4.78, 5) is 15.1. The van der Waals surface area contributed by atoms with Crippen molar-refractivity contribution in [3.8, 4) is 0 Å². The molecule has 1 fully saturated rings. The van der Waals surface area contributed by atoms with Crippen LogP contribution in [-0.2, 0) is 4.79 Å². The SMILES string of the molecule is N[C@@H]1CCN(C(=O)CSc2ccc3ccccc3c2)C1. The van der Waals surface area contributed by atoms with Gasteiger partial charge in [-0.15, -0.1) is 11.8 Å². The number of carbonyl (C=O) groups excluding carboxylic acids is 1. The highest BCUT2D eigenvalue weighted by Gasteiger charge is 2.23. The number of thioether (sulfide) groups is 1. The van der Waals surface area contributed by atoms with E-state index in [9.17, 15) is 4.79 Å². The first-order chi connectivity index (χ1) is 9.72. The predicted octanol–water partition coefficient (Wildman–Crippen LogP) is 2.49. The predicted molar refractivity (Wildman–Crippen MR) is 83.8 cm³/mol. The van der Waals surface area contributed by atoms with E-state index in [-0.39, 0.29) is 11.9 Å². The van der Waals surface area contributed by atoms with E-state index >= 15 is 0 Å². The maximum Gasteiger partial charge on any atom is 0.232 e. The van der Waals surface area contributed by atoms with Crippen LogP contribution in [0.15, 0.2) is 47.4 Å². The molecule has 0 bridgehead atoms. The molecule has 1 aliphatic heterocycles. The minimum atomic E-state index is 0.157. The van der Waals surface area contributed by atoms with Crippen LogP contribution < -0.4 is 5.73 Å². The van der Waals surface area contributed by atoms with Crippen molar-refractivity contribution in [3.63, 3.8) is 0 Å². The number of hydrogen-bond donors (Lipinski definition) is 1. The van der Waals surface area contributed by atoms with Crippen LogP contribution in [0.1, 0.15) is 6.42 Å². The molecule has 1 amide bonds. The summed E-state index contributed by atoms with van der Waals surface area (Å²) in [6.07, 6.45) is 0.923. The summed E-state index contributed by atoms with van der Waals surface area (Å²) in [5, 5.41) is 2.45. The minimum Gasteiger partial charge on any atom is -0.340 e. The van der Waals surface area contributed by atoms with Gasteiger partial charge in [-0.25, -0.2) is 0 Å². The number of fused-ring (bicyclic) bond motifs is 1. The molecule has 0 aliphatic carbocycles. The smallest absolute Gasteiger partial charge is 0.232 e. The summed E-state index contributed by atoms with van der Waals surface area (Å²) in [7, 11) is 0. The van der Waals surface area contributed by atoms with Crippen LogP contribution in [0.4, 0.5) is 0 Å². The van der Waals surface area contributed by atoms with Crippen LogP contribution in [0.3, 0.4) is 0 Å². The van der Waals surface area contributed by atoms with Crippen molar-refractivity contribution in [2.24, 2.45) is 5.73 Å². The molecule has 104 valence electrons. The van der Waals surface area contributed by atoms with Crippen LogP contribution in [0, 0.1) is 0 Å². The summed E-state index contributed by atoms with van der Waals surface area (Å²) in [6.45, 7) is 1.51. The molecule has 0 unspecified atom stereocenters. The molecule has 2 aromatic carbocycles. The lowest BCUT2D eigenvalue weighted by Crippen LogP contribution is -2.33. The van der Waals surface area contributed by atoms with Crippen LogP contribution in [0.2, 0.25) is 0 Å². The van der Waals surface area contributed by atoms with E-state index in [1.165, 1.54) is 10.8 Å². The molecule has 2 aromatic rings. The average molecular weight is 286 g/mol. The van der Waals surface area contributed by atoms with Crippen LogP contribution in [0.5, 0.6) is 0 Å². The Bertz CT molecular complexity index is 629. The summed E-state index contributed by atoms with van der Waals surface area (Å²) in [5.74, 6) is 0.682. The van der Waals surface area contributed by atoms with Gasteiger partial charge in [-0.1, -0.05) is 30.3 Å². The topological polar surface area (TPSA) is 46.3 Å². The molecule has 3 rings (SSSR count). The molecule has 2 N–H and O–H groups in total. The third-order valence-corrected chi connectivity index (χ3v) is 4.64. The lowest BCUT2D eigenvalue weighted by Gasteiger charge is -2.15. The zero-order valence-electron chi connectivity index (χ0n) is 11.3. The molecule has 4 heteroatoms. The van der Waals surface area contributed by atoms with E-state index in [4.69, 9.17) is 5.73 Å². The number of nitrogens with zero attached hydrogens (tertiary/aromatic N) is 1. The lowest BCUT2D eigenvalue weighted by atomic mass is 10.1. The second-order valence-electron chi connectivity index (χ2n) is 5.19. The molecule has 1 atom stereocenters. The Labute approximate surface area is 123 Å². The molecule has 1 aliphatic rings. The van der Waals surface area contributed by atoms with Gasteiger partial charge in [0.1, 0.15) is 0 Å².